The van der Waals surface area contributed by atoms with Crippen LogP contribution >= 0.6 is 11.3 Å². The second-order valence-electron chi connectivity index (χ2n) is 5.83. The smallest absolute Gasteiger partial charge is 0.332 e. The van der Waals surface area contributed by atoms with Gasteiger partial charge in [-0.3, -0.25) is 0 Å². The fraction of sp³-hybridized carbons (Fsp3) is 0.0556. The highest BCUT2D eigenvalue weighted by Gasteiger charge is 2.30. The summed E-state index contributed by atoms with van der Waals surface area (Å²) in [6, 6.07) is 8.46. The number of thiophene rings is 1. The number of carbonyl (C=O) groups excluding carboxylic acids is 1. The summed E-state index contributed by atoms with van der Waals surface area (Å²) in [5.41, 5.74) is 1.58. The molecule has 0 fully saturated rings. The molecule has 1 aliphatic rings. The van der Waals surface area contributed by atoms with Crippen LogP contribution in [0.2, 0.25) is 0 Å². The normalized spacial score (nSPS) is 12.9. The Morgan fingerprint density at radius 3 is 2.85 bits per heavy atom. The van der Waals surface area contributed by atoms with E-state index >= 15 is 0 Å². The highest BCUT2D eigenvalue weighted by atomic mass is 32.1. The summed E-state index contributed by atoms with van der Waals surface area (Å²) in [6.45, 7) is 1.97. The predicted molar refractivity (Wildman–Crippen MR) is 102 cm³/mol. The van der Waals surface area contributed by atoms with E-state index in [9.17, 15) is 4.79 Å². The fourth-order valence-corrected chi connectivity index (χ4v) is 3.95. The predicted octanol–water partition coefficient (Wildman–Crippen LogP) is 4.27. The van der Waals surface area contributed by atoms with Crippen LogP contribution in [0.4, 0.5) is 22.0 Å². The number of aryl methyl sites for hydroxylation is 1. The number of nitrogens with zero attached hydrogens (tertiary/aromatic N) is 5. The van der Waals surface area contributed by atoms with Crippen LogP contribution in [0.5, 0.6) is 11.6 Å². The lowest BCUT2D eigenvalue weighted by Crippen LogP contribution is -2.34. The van der Waals surface area contributed by atoms with Gasteiger partial charge in [-0.1, -0.05) is 0 Å². The SMILES string of the molecule is Cc1sc2nccc3c2c1NC(=O)N3c1ccc(Oc2cccnn2)cn1. The molecule has 9 heteroatoms. The number of ether oxygens (including phenoxy) is 1. The molecule has 0 aliphatic carbocycles. The van der Waals surface area contributed by atoms with Crippen LogP contribution in [0, 0.1) is 6.92 Å². The summed E-state index contributed by atoms with van der Waals surface area (Å²) in [5.74, 6) is 1.36. The van der Waals surface area contributed by atoms with E-state index in [0.717, 1.165) is 26.5 Å². The average Bonchev–Trinajstić information content (AvgIpc) is 3.00. The van der Waals surface area contributed by atoms with E-state index in [1.165, 1.54) is 4.90 Å². The molecule has 0 radical (unpaired) electrons. The zero-order valence-corrected chi connectivity index (χ0v) is 14.9. The molecule has 0 saturated carbocycles. The van der Waals surface area contributed by atoms with E-state index in [1.807, 2.05) is 13.0 Å². The molecular weight excluding hydrogens is 364 g/mol. The number of hydrogen-bond donors (Lipinski definition) is 1. The summed E-state index contributed by atoms with van der Waals surface area (Å²) in [7, 11) is 0. The molecule has 1 N–H and O–H groups in total. The van der Waals surface area contributed by atoms with Crippen molar-refractivity contribution in [3.05, 3.63) is 53.8 Å². The van der Waals surface area contributed by atoms with Gasteiger partial charge in [0.1, 0.15) is 16.4 Å². The zero-order chi connectivity index (χ0) is 18.4. The molecule has 27 heavy (non-hydrogen) atoms. The number of anilines is 3. The first-order chi connectivity index (χ1) is 13.2. The van der Waals surface area contributed by atoms with Crippen molar-refractivity contribution in [3.8, 4) is 11.6 Å². The van der Waals surface area contributed by atoms with Gasteiger partial charge in [-0.2, -0.15) is 5.10 Å². The maximum atomic E-state index is 12.7. The van der Waals surface area contributed by atoms with E-state index in [1.54, 1.807) is 54.2 Å². The van der Waals surface area contributed by atoms with Crippen molar-refractivity contribution in [2.75, 3.05) is 10.2 Å². The highest BCUT2D eigenvalue weighted by molar-refractivity contribution is 7.19. The molecule has 8 nitrogen and oxygen atoms in total. The minimum absolute atomic E-state index is 0.258. The molecule has 4 aromatic rings. The molecule has 2 amide bonds. The number of rotatable bonds is 3. The topological polar surface area (TPSA) is 93.1 Å². The maximum Gasteiger partial charge on any atom is 0.332 e. The van der Waals surface area contributed by atoms with E-state index < -0.39 is 0 Å². The first-order valence-electron chi connectivity index (χ1n) is 8.11. The van der Waals surface area contributed by atoms with Crippen molar-refractivity contribution in [1.29, 1.82) is 0 Å². The van der Waals surface area contributed by atoms with Gasteiger partial charge in [-0.15, -0.1) is 16.4 Å². The molecule has 4 aromatic heterocycles. The average molecular weight is 376 g/mol. The first kappa shape index (κ1) is 15.6. The standard InChI is InChI=1S/C18H12N6O2S/c1-10-16-15-12(6-8-19-17(15)27-10)24(18(25)22-16)13-5-4-11(9-20-13)26-14-3-2-7-21-23-14/h2-9H,1H3,(H,22,25). The Morgan fingerprint density at radius 2 is 2.07 bits per heavy atom. The third-order valence-corrected chi connectivity index (χ3v) is 5.16. The lowest BCUT2D eigenvalue weighted by Gasteiger charge is -2.27. The lowest BCUT2D eigenvalue weighted by molar-refractivity contribution is 0.258. The van der Waals surface area contributed by atoms with Crippen molar-refractivity contribution >= 4 is 44.8 Å². The van der Waals surface area contributed by atoms with Gasteiger partial charge >= 0.3 is 6.03 Å². The molecule has 5 rings (SSSR count). The Kier molecular flexibility index (Phi) is 3.47. The maximum absolute atomic E-state index is 12.7. The van der Waals surface area contributed by atoms with E-state index in [-0.39, 0.29) is 6.03 Å². The zero-order valence-electron chi connectivity index (χ0n) is 14.1. The quantitative estimate of drug-likeness (QED) is 0.574. The molecule has 0 unspecified atom stereocenters. The lowest BCUT2D eigenvalue weighted by atomic mass is 10.1. The molecule has 1 aliphatic heterocycles. The van der Waals surface area contributed by atoms with Gasteiger partial charge in [0.05, 0.1) is 23.0 Å². The largest absolute Gasteiger partial charge is 0.436 e. The third-order valence-electron chi connectivity index (χ3n) is 4.14. The van der Waals surface area contributed by atoms with Gasteiger partial charge in [-0.05, 0) is 31.2 Å². The Morgan fingerprint density at radius 1 is 1.15 bits per heavy atom. The minimum Gasteiger partial charge on any atom is -0.436 e. The van der Waals surface area contributed by atoms with Crippen LogP contribution in [-0.2, 0) is 0 Å². The molecule has 0 saturated heterocycles. The molecule has 5 heterocycles. The van der Waals surface area contributed by atoms with E-state index in [4.69, 9.17) is 4.74 Å². The number of urea groups is 1. The number of pyridine rings is 2. The second kappa shape index (κ2) is 5.99. The fourth-order valence-electron chi connectivity index (χ4n) is 2.98. The van der Waals surface area contributed by atoms with Gasteiger partial charge in [0.25, 0.3) is 0 Å². The Labute approximate surface area is 157 Å². The van der Waals surface area contributed by atoms with Gasteiger partial charge in [0, 0.05) is 23.3 Å². The van der Waals surface area contributed by atoms with Gasteiger partial charge in [0.2, 0.25) is 5.88 Å². The number of carbonyl (C=O) groups is 1. The van der Waals surface area contributed by atoms with Crippen molar-refractivity contribution in [1.82, 2.24) is 20.2 Å². The molecule has 0 spiro atoms. The van der Waals surface area contributed by atoms with Crippen LogP contribution in [0.15, 0.2) is 48.9 Å². The first-order valence-corrected chi connectivity index (χ1v) is 8.93. The second-order valence-corrected chi connectivity index (χ2v) is 7.03. The third kappa shape index (κ3) is 2.56. The van der Waals surface area contributed by atoms with Crippen molar-refractivity contribution in [2.45, 2.75) is 6.92 Å². The summed E-state index contributed by atoms with van der Waals surface area (Å²) >= 11 is 1.55. The molecular formula is C18H12N6O2S. The molecule has 132 valence electrons. The van der Waals surface area contributed by atoms with Crippen LogP contribution in [0.1, 0.15) is 4.88 Å². The van der Waals surface area contributed by atoms with E-state index in [0.29, 0.717) is 17.4 Å². The van der Waals surface area contributed by atoms with Gasteiger partial charge in [-0.25, -0.2) is 19.7 Å². The van der Waals surface area contributed by atoms with Crippen LogP contribution in [0.3, 0.4) is 0 Å². The summed E-state index contributed by atoms with van der Waals surface area (Å²) < 4.78 is 5.60. The van der Waals surface area contributed by atoms with Crippen LogP contribution in [0.25, 0.3) is 10.2 Å². The van der Waals surface area contributed by atoms with Gasteiger partial charge in [0.15, 0.2) is 0 Å². The molecule has 0 atom stereocenters. The summed E-state index contributed by atoms with van der Waals surface area (Å²) in [5, 5.41) is 11.5. The number of nitrogens with one attached hydrogen (secondary N) is 1. The number of hydrogen-bond acceptors (Lipinski definition) is 7. The Hall–Kier alpha value is -3.59. The Balaban J connectivity index is 1.53. The Bertz CT molecular complexity index is 1160. The van der Waals surface area contributed by atoms with Crippen molar-refractivity contribution in [2.24, 2.45) is 0 Å². The van der Waals surface area contributed by atoms with Crippen molar-refractivity contribution in [3.63, 3.8) is 0 Å². The van der Waals surface area contributed by atoms with E-state index in [2.05, 4.69) is 25.5 Å². The molecule has 0 aromatic carbocycles. The number of amides is 2. The van der Waals surface area contributed by atoms with Crippen LogP contribution < -0.4 is 15.0 Å². The highest BCUT2D eigenvalue weighted by Crippen LogP contribution is 2.44. The summed E-state index contributed by atoms with van der Waals surface area (Å²) in [4.78, 5) is 25.0. The molecule has 0 bridgehead atoms. The minimum atomic E-state index is -0.258. The number of aromatic nitrogens is 4. The summed E-state index contributed by atoms with van der Waals surface area (Å²) in [6.07, 6.45) is 4.82. The van der Waals surface area contributed by atoms with Gasteiger partial charge < -0.3 is 10.1 Å². The monoisotopic (exact) mass is 376 g/mol. The van der Waals surface area contributed by atoms with Crippen LogP contribution in [-0.4, -0.2) is 26.2 Å². The van der Waals surface area contributed by atoms with Crippen molar-refractivity contribution < 1.29 is 9.53 Å².